The summed E-state index contributed by atoms with van der Waals surface area (Å²) >= 11 is 0. The Labute approximate surface area is 280 Å². The van der Waals surface area contributed by atoms with Gasteiger partial charge in [-0.3, -0.25) is 0 Å². The van der Waals surface area contributed by atoms with Crippen molar-refractivity contribution in [1.82, 2.24) is 4.57 Å². The van der Waals surface area contributed by atoms with Crippen molar-refractivity contribution in [3.8, 4) is 27.9 Å². The third kappa shape index (κ3) is 4.83. The van der Waals surface area contributed by atoms with E-state index in [2.05, 4.69) is 204 Å². The molecule has 1 aromatic heterocycles. The number of para-hydroxylation sites is 3. The van der Waals surface area contributed by atoms with Crippen LogP contribution in [0, 0.1) is 0 Å². The minimum absolute atomic E-state index is 1.10. The Balaban J connectivity index is 1.20. The summed E-state index contributed by atoms with van der Waals surface area (Å²) in [7, 11) is 0. The Morgan fingerprint density at radius 2 is 0.875 bits per heavy atom. The van der Waals surface area contributed by atoms with Crippen LogP contribution in [-0.2, 0) is 0 Å². The van der Waals surface area contributed by atoms with E-state index in [0.29, 0.717) is 0 Å². The fourth-order valence-corrected chi connectivity index (χ4v) is 7.08. The molecule has 0 radical (unpaired) electrons. The molecule has 0 aliphatic carbocycles. The van der Waals surface area contributed by atoms with Crippen molar-refractivity contribution < 1.29 is 0 Å². The molecular formula is C46H32N2. The molecule has 8 aromatic carbocycles. The Bertz CT molecular complexity index is 2490. The molecule has 9 aromatic rings. The van der Waals surface area contributed by atoms with E-state index in [-0.39, 0.29) is 0 Å². The molecule has 0 N–H and O–H groups in total. The van der Waals surface area contributed by atoms with Crippen LogP contribution < -0.4 is 4.90 Å². The van der Waals surface area contributed by atoms with Gasteiger partial charge in [-0.05, 0) is 88.1 Å². The Kier molecular flexibility index (Phi) is 6.84. The van der Waals surface area contributed by atoms with Crippen LogP contribution in [0.2, 0.25) is 0 Å². The van der Waals surface area contributed by atoms with Gasteiger partial charge in [0.25, 0.3) is 0 Å². The highest BCUT2D eigenvalue weighted by molar-refractivity contribution is 6.09. The van der Waals surface area contributed by atoms with Crippen LogP contribution in [0.5, 0.6) is 0 Å². The first kappa shape index (κ1) is 27.9. The van der Waals surface area contributed by atoms with E-state index < -0.39 is 0 Å². The van der Waals surface area contributed by atoms with Gasteiger partial charge in [0.1, 0.15) is 0 Å². The van der Waals surface area contributed by atoms with Crippen molar-refractivity contribution in [2.45, 2.75) is 0 Å². The molecule has 0 aliphatic rings. The molecule has 0 unspecified atom stereocenters. The summed E-state index contributed by atoms with van der Waals surface area (Å²) in [5.74, 6) is 0. The van der Waals surface area contributed by atoms with Crippen molar-refractivity contribution in [3.05, 3.63) is 194 Å². The number of fused-ring (bicyclic) bond motifs is 4. The molecule has 0 aliphatic heterocycles. The van der Waals surface area contributed by atoms with Gasteiger partial charge in [0.15, 0.2) is 0 Å². The standard InChI is InChI=1S/C46H32N2/c1-2-12-33(13-3-1)35-24-26-38(27-25-35)47(44-19-9-6-16-41(44)37-23-22-34-14-4-5-15-36(34)32-37)39-28-30-40(31-29-39)48-45-20-10-7-17-42(45)43-18-8-11-21-46(43)48/h1-32H. The molecule has 2 heteroatoms. The van der Waals surface area contributed by atoms with Gasteiger partial charge in [-0.25, -0.2) is 0 Å². The lowest BCUT2D eigenvalue weighted by Gasteiger charge is -2.28. The molecule has 48 heavy (non-hydrogen) atoms. The van der Waals surface area contributed by atoms with E-state index in [1.165, 1.54) is 54.8 Å². The van der Waals surface area contributed by atoms with Gasteiger partial charge >= 0.3 is 0 Å². The SMILES string of the molecule is c1ccc(-c2ccc(N(c3ccc(-n4c5ccccc5c5ccccc54)cc3)c3ccccc3-c3ccc4ccccc4c3)cc2)cc1. The van der Waals surface area contributed by atoms with Crippen molar-refractivity contribution in [1.29, 1.82) is 0 Å². The number of benzene rings is 8. The first-order valence-corrected chi connectivity index (χ1v) is 16.4. The third-order valence-corrected chi connectivity index (χ3v) is 9.38. The number of rotatable bonds is 6. The number of nitrogens with zero attached hydrogens (tertiary/aromatic N) is 2. The van der Waals surface area contributed by atoms with E-state index in [4.69, 9.17) is 0 Å². The molecule has 0 saturated heterocycles. The van der Waals surface area contributed by atoms with E-state index in [1.54, 1.807) is 0 Å². The molecule has 0 bridgehead atoms. The van der Waals surface area contributed by atoms with E-state index in [1.807, 2.05) is 0 Å². The molecule has 2 nitrogen and oxygen atoms in total. The maximum absolute atomic E-state index is 2.38. The monoisotopic (exact) mass is 612 g/mol. The van der Waals surface area contributed by atoms with Crippen molar-refractivity contribution >= 4 is 49.6 Å². The topological polar surface area (TPSA) is 8.17 Å². The van der Waals surface area contributed by atoms with Gasteiger partial charge in [0.2, 0.25) is 0 Å². The molecule has 0 amide bonds. The summed E-state index contributed by atoms with van der Waals surface area (Å²) in [6.45, 7) is 0. The predicted molar refractivity (Wildman–Crippen MR) is 204 cm³/mol. The summed E-state index contributed by atoms with van der Waals surface area (Å²) in [5.41, 5.74) is 11.7. The fraction of sp³-hybridized carbons (Fsp3) is 0. The zero-order chi connectivity index (χ0) is 31.9. The van der Waals surface area contributed by atoms with E-state index in [9.17, 15) is 0 Å². The van der Waals surface area contributed by atoms with Crippen LogP contribution in [0.3, 0.4) is 0 Å². The van der Waals surface area contributed by atoms with Gasteiger partial charge in [0, 0.05) is 33.4 Å². The van der Waals surface area contributed by atoms with Crippen LogP contribution in [0.25, 0.3) is 60.5 Å². The van der Waals surface area contributed by atoms with Crippen LogP contribution in [0.15, 0.2) is 194 Å². The Hall–Kier alpha value is -6.38. The maximum Gasteiger partial charge on any atom is 0.0541 e. The minimum atomic E-state index is 1.10. The van der Waals surface area contributed by atoms with Crippen molar-refractivity contribution in [3.63, 3.8) is 0 Å². The lowest BCUT2D eigenvalue weighted by Crippen LogP contribution is -2.11. The average Bonchev–Trinajstić information content (AvgIpc) is 3.50. The Morgan fingerprint density at radius 1 is 0.354 bits per heavy atom. The molecule has 0 fully saturated rings. The van der Waals surface area contributed by atoms with Crippen molar-refractivity contribution in [2.24, 2.45) is 0 Å². The number of aromatic nitrogens is 1. The highest BCUT2D eigenvalue weighted by atomic mass is 15.1. The predicted octanol–water partition coefficient (Wildman–Crippen LogP) is 12.7. The van der Waals surface area contributed by atoms with Gasteiger partial charge in [-0.15, -0.1) is 0 Å². The summed E-state index contributed by atoms with van der Waals surface area (Å²) in [6, 6.07) is 69.9. The Morgan fingerprint density at radius 3 is 1.58 bits per heavy atom. The van der Waals surface area contributed by atoms with Crippen LogP contribution in [-0.4, -0.2) is 4.57 Å². The highest BCUT2D eigenvalue weighted by Gasteiger charge is 2.18. The molecule has 0 saturated carbocycles. The summed E-state index contributed by atoms with van der Waals surface area (Å²) in [4.78, 5) is 2.38. The van der Waals surface area contributed by atoms with Gasteiger partial charge in [-0.1, -0.05) is 133 Å². The molecule has 0 spiro atoms. The second-order valence-electron chi connectivity index (χ2n) is 12.2. The van der Waals surface area contributed by atoms with Crippen LogP contribution >= 0.6 is 0 Å². The van der Waals surface area contributed by atoms with Crippen LogP contribution in [0.4, 0.5) is 17.1 Å². The lowest BCUT2D eigenvalue weighted by atomic mass is 9.98. The second kappa shape index (κ2) is 11.8. The summed E-state index contributed by atoms with van der Waals surface area (Å²) in [5, 5.41) is 5.01. The molecular weight excluding hydrogens is 581 g/mol. The second-order valence-corrected chi connectivity index (χ2v) is 12.2. The fourth-order valence-electron chi connectivity index (χ4n) is 7.08. The van der Waals surface area contributed by atoms with E-state index in [0.717, 1.165) is 22.7 Å². The molecule has 1 heterocycles. The van der Waals surface area contributed by atoms with Gasteiger partial charge in [0.05, 0.1) is 16.7 Å². The zero-order valence-electron chi connectivity index (χ0n) is 26.4. The van der Waals surface area contributed by atoms with Gasteiger partial charge < -0.3 is 9.47 Å². The highest BCUT2D eigenvalue weighted by Crippen LogP contribution is 2.42. The lowest BCUT2D eigenvalue weighted by molar-refractivity contribution is 1.17. The smallest absolute Gasteiger partial charge is 0.0541 e. The minimum Gasteiger partial charge on any atom is -0.310 e. The number of hydrogen-bond acceptors (Lipinski definition) is 1. The van der Waals surface area contributed by atoms with E-state index >= 15 is 0 Å². The molecule has 0 atom stereocenters. The molecule has 9 rings (SSSR count). The maximum atomic E-state index is 2.38. The number of hydrogen-bond donors (Lipinski definition) is 0. The zero-order valence-corrected chi connectivity index (χ0v) is 26.4. The average molecular weight is 613 g/mol. The first-order valence-electron chi connectivity index (χ1n) is 16.4. The largest absolute Gasteiger partial charge is 0.310 e. The van der Waals surface area contributed by atoms with Gasteiger partial charge in [-0.2, -0.15) is 0 Å². The first-order chi connectivity index (χ1) is 23.8. The van der Waals surface area contributed by atoms with Crippen LogP contribution in [0.1, 0.15) is 0 Å². The summed E-state index contributed by atoms with van der Waals surface area (Å²) in [6.07, 6.45) is 0. The quantitative estimate of drug-likeness (QED) is 0.181. The molecule has 226 valence electrons. The van der Waals surface area contributed by atoms with Crippen molar-refractivity contribution in [2.75, 3.05) is 4.90 Å². The summed E-state index contributed by atoms with van der Waals surface area (Å²) < 4.78 is 2.37. The third-order valence-electron chi connectivity index (χ3n) is 9.38. The number of anilines is 3. The normalized spacial score (nSPS) is 11.3.